The van der Waals surface area contributed by atoms with E-state index in [1.54, 1.807) is 24.0 Å². The summed E-state index contributed by atoms with van der Waals surface area (Å²) in [6, 6.07) is 1.92. The van der Waals surface area contributed by atoms with E-state index >= 15 is 0 Å². The lowest BCUT2D eigenvalue weighted by atomic mass is 9.73. The smallest absolute Gasteiger partial charge is 0.213 e. The van der Waals surface area contributed by atoms with Crippen molar-refractivity contribution in [3.63, 3.8) is 0 Å². The number of ether oxygens (including phenoxy) is 1. The van der Waals surface area contributed by atoms with Crippen LogP contribution in [0.2, 0.25) is 5.02 Å². The summed E-state index contributed by atoms with van der Waals surface area (Å²) in [5.41, 5.74) is 9.61. The molecule has 2 saturated heterocycles. The van der Waals surface area contributed by atoms with Crippen LogP contribution in [0.15, 0.2) is 30.9 Å². The van der Waals surface area contributed by atoms with E-state index in [1.165, 1.54) is 0 Å². The average Bonchev–Trinajstić information content (AvgIpc) is 3.57. The fourth-order valence-electron chi connectivity index (χ4n) is 5.67. The largest absolute Gasteiger partial charge is 0.376 e. The van der Waals surface area contributed by atoms with Crippen molar-refractivity contribution in [1.29, 1.82) is 0 Å². The van der Waals surface area contributed by atoms with Crippen molar-refractivity contribution in [2.24, 2.45) is 11.1 Å². The number of pyridine rings is 1. The first-order valence-corrected chi connectivity index (χ1v) is 12.3. The molecule has 0 bridgehead atoms. The topological polar surface area (TPSA) is 119 Å². The Morgan fingerprint density at radius 2 is 2.03 bits per heavy atom. The van der Waals surface area contributed by atoms with Gasteiger partial charge < -0.3 is 30.4 Å². The van der Waals surface area contributed by atoms with Gasteiger partial charge in [0.25, 0.3) is 0 Å². The second-order valence-electron chi connectivity index (χ2n) is 9.55. The van der Waals surface area contributed by atoms with Crippen LogP contribution in [0.4, 0.5) is 11.8 Å². The van der Waals surface area contributed by atoms with E-state index < -0.39 is 0 Å². The third kappa shape index (κ3) is 3.31. The Morgan fingerprint density at radius 1 is 1.23 bits per heavy atom. The number of hydrogen-bond acceptors (Lipinski definition) is 8. The summed E-state index contributed by atoms with van der Waals surface area (Å²) in [5.74, 6) is 1.39. The molecular formula is C24H29ClN8O2. The van der Waals surface area contributed by atoms with Crippen LogP contribution in [0.5, 0.6) is 0 Å². The number of nitrogens with one attached hydrogen (secondary N) is 1. The Hall–Kier alpha value is -2.92. The van der Waals surface area contributed by atoms with Crippen LogP contribution in [0.1, 0.15) is 19.8 Å². The summed E-state index contributed by atoms with van der Waals surface area (Å²) in [6.45, 7) is 4.21. The highest BCUT2D eigenvalue weighted by Gasteiger charge is 2.47. The number of hydrogen-bond donors (Lipinski definition) is 3. The fourth-order valence-corrected chi connectivity index (χ4v) is 5.98. The van der Waals surface area contributed by atoms with Crippen molar-refractivity contribution in [2.75, 3.05) is 37.0 Å². The summed E-state index contributed by atoms with van der Waals surface area (Å²) in [5, 5.41) is 14.5. The van der Waals surface area contributed by atoms with Crippen LogP contribution < -0.4 is 16.0 Å². The van der Waals surface area contributed by atoms with E-state index in [1.807, 2.05) is 22.9 Å². The van der Waals surface area contributed by atoms with Crippen molar-refractivity contribution < 1.29 is 9.84 Å². The van der Waals surface area contributed by atoms with Gasteiger partial charge in [-0.25, -0.2) is 9.97 Å². The van der Waals surface area contributed by atoms with Gasteiger partial charge in [0.15, 0.2) is 5.65 Å². The van der Waals surface area contributed by atoms with Gasteiger partial charge in [-0.15, -0.1) is 0 Å². The Labute approximate surface area is 207 Å². The normalized spacial score (nSPS) is 22.0. The van der Waals surface area contributed by atoms with Crippen LogP contribution in [-0.4, -0.2) is 67.9 Å². The van der Waals surface area contributed by atoms with E-state index in [2.05, 4.69) is 27.1 Å². The van der Waals surface area contributed by atoms with Crippen LogP contribution in [0.3, 0.4) is 0 Å². The van der Waals surface area contributed by atoms with E-state index in [4.69, 9.17) is 27.1 Å². The molecule has 4 aromatic rings. The van der Waals surface area contributed by atoms with Gasteiger partial charge in [0.1, 0.15) is 18.2 Å². The average molecular weight is 497 g/mol. The van der Waals surface area contributed by atoms with Gasteiger partial charge in [-0.3, -0.25) is 4.40 Å². The van der Waals surface area contributed by atoms with Crippen LogP contribution in [-0.2, 0) is 11.5 Å². The lowest BCUT2D eigenvalue weighted by Gasteiger charge is -2.41. The molecule has 2 aliphatic rings. The van der Waals surface area contributed by atoms with Crippen LogP contribution in [0, 0.1) is 5.41 Å². The first kappa shape index (κ1) is 22.5. The third-order valence-corrected chi connectivity index (χ3v) is 8.18. The molecule has 10 nitrogen and oxygen atoms in total. The van der Waals surface area contributed by atoms with Gasteiger partial charge in [-0.2, -0.15) is 4.98 Å². The first-order valence-electron chi connectivity index (χ1n) is 11.9. The quantitative estimate of drug-likeness (QED) is 0.394. The summed E-state index contributed by atoms with van der Waals surface area (Å²) in [7, 11) is 1.78. The van der Waals surface area contributed by atoms with E-state index in [9.17, 15) is 5.11 Å². The maximum absolute atomic E-state index is 10.2. The maximum Gasteiger partial charge on any atom is 0.213 e. The lowest BCUT2D eigenvalue weighted by Crippen LogP contribution is -2.51. The molecule has 0 radical (unpaired) electrons. The number of nitrogens with zero attached hydrogens (tertiary/aromatic N) is 6. The van der Waals surface area contributed by atoms with Gasteiger partial charge in [0, 0.05) is 67.5 Å². The summed E-state index contributed by atoms with van der Waals surface area (Å²) in [4.78, 5) is 16.3. The summed E-state index contributed by atoms with van der Waals surface area (Å²) in [6.07, 6.45) is 9.27. The monoisotopic (exact) mass is 496 g/mol. The molecule has 2 aliphatic heterocycles. The number of halogens is 1. The summed E-state index contributed by atoms with van der Waals surface area (Å²) >= 11 is 6.68. The summed E-state index contributed by atoms with van der Waals surface area (Å²) < 4.78 is 9.64. The molecule has 0 amide bonds. The highest BCUT2D eigenvalue weighted by atomic mass is 35.5. The predicted molar refractivity (Wildman–Crippen MR) is 136 cm³/mol. The van der Waals surface area contributed by atoms with Crippen molar-refractivity contribution in [2.45, 2.75) is 38.6 Å². The molecule has 4 aromatic heterocycles. The molecule has 35 heavy (non-hydrogen) atoms. The Morgan fingerprint density at radius 3 is 2.71 bits per heavy atom. The van der Waals surface area contributed by atoms with Crippen LogP contribution >= 0.6 is 11.6 Å². The molecule has 0 unspecified atom stereocenters. The van der Waals surface area contributed by atoms with Crippen molar-refractivity contribution in [1.82, 2.24) is 23.9 Å². The number of aromatic nitrogens is 5. The molecule has 6 rings (SSSR count). The number of aliphatic hydroxyl groups excluding tert-OH is 1. The number of anilines is 2. The minimum Gasteiger partial charge on any atom is -0.376 e. The van der Waals surface area contributed by atoms with Gasteiger partial charge in [-0.1, -0.05) is 11.6 Å². The molecule has 4 N–H and O–H groups in total. The van der Waals surface area contributed by atoms with Gasteiger partial charge in [-0.05, 0) is 25.8 Å². The Kier molecular flexibility index (Phi) is 5.37. The standard InChI is InChI=1S/C24H29ClN8O2/c1-14-19(26)24(12-35-14)4-8-31(9-5-24)23-30-22-17(21-29-7-10-33(21)23)16(11-32(22)13-34)15-3-6-28-20(27-2)18(15)25/h3,6-7,10-11,14,19,34H,4-5,8-9,12-13,26H2,1-2H3,(H,27,28)/t14-,19+/m0/s1. The Balaban J connectivity index is 1.46. The lowest BCUT2D eigenvalue weighted by molar-refractivity contribution is 0.0973. The zero-order valence-electron chi connectivity index (χ0n) is 19.8. The predicted octanol–water partition coefficient (Wildman–Crippen LogP) is 2.72. The number of aliphatic hydroxyl groups is 1. The van der Waals surface area contributed by atoms with Crippen molar-refractivity contribution in [3.8, 4) is 11.1 Å². The zero-order chi connectivity index (χ0) is 24.3. The van der Waals surface area contributed by atoms with Crippen molar-refractivity contribution in [3.05, 3.63) is 35.9 Å². The van der Waals surface area contributed by atoms with Crippen LogP contribution in [0.25, 0.3) is 27.8 Å². The number of piperidine rings is 1. The molecule has 0 saturated carbocycles. The molecule has 11 heteroatoms. The van der Waals surface area contributed by atoms with Gasteiger partial charge in [0.2, 0.25) is 5.95 Å². The second kappa shape index (κ2) is 8.34. The highest BCUT2D eigenvalue weighted by Crippen LogP contribution is 2.43. The number of nitrogens with two attached hydrogens (primary N) is 1. The maximum atomic E-state index is 10.2. The third-order valence-electron chi connectivity index (χ3n) is 7.79. The van der Waals surface area contributed by atoms with E-state index in [0.29, 0.717) is 23.1 Å². The van der Waals surface area contributed by atoms with Crippen molar-refractivity contribution >= 4 is 40.0 Å². The molecule has 184 valence electrons. The molecule has 1 spiro atoms. The molecular weight excluding hydrogens is 468 g/mol. The highest BCUT2D eigenvalue weighted by molar-refractivity contribution is 6.36. The minimum atomic E-state index is -0.214. The molecule has 6 heterocycles. The fraction of sp³-hybridized carbons (Fsp3) is 0.458. The second-order valence-corrected chi connectivity index (χ2v) is 9.93. The molecule has 2 atom stereocenters. The SMILES string of the molecule is CNc1nccc(-c2cn(CO)c3nc(N4CCC5(CC4)CO[C@@H](C)[C@H]5N)n4ccnc4c23)c1Cl. The molecule has 0 aliphatic carbocycles. The first-order chi connectivity index (χ1) is 17.0. The van der Waals surface area contributed by atoms with E-state index in [0.717, 1.165) is 54.0 Å². The Bertz CT molecular complexity index is 1410. The number of imidazole rings is 1. The van der Waals surface area contributed by atoms with E-state index in [-0.39, 0.29) is 24.3 Å². The number of rotatable bonds is 4. The molecule has 2 fully saturated rings. The zero-order valence-corrected chi connectivity index (χ0v) is 20.5. The minimum absolute atomic E-state index is 0.0235. The molecule has 0 aromatic carbocycles. The van der Waals surface area contributed by atoms with Gasteiger partial charge >= 0.3 is 0 Å². The van der Waals surface area contributed by atoms with Gasteiger partial charge in [0.05, 0.1) is 23.1 Å². The number of fused-ring (bicyclic) bond motifs is 3.